The molecule has 3 nitrogen and oxygen atoms in total. The van der Waals surface area contributed by atoms with Gasteiger partial charge in [0, 0.05) is 0 Å². The molecule has 0 radical (unpaired) electrons. The summed E-state index contributed by atoms with van der Waals surface area (Å²) < 4.78 is 5.09. The van der Waals surface area contributed by atoms with Crippen molar-refractivity contribution >= 4 is 5.69 Å². The van der Waals surface area contributed by atoms with Gasteiger partial charge >= 0.3 is 0 Å². The first kappa shape index (κ1) is 11.1. The summed E-state index contributed by atoms with van der Waals surface area (Å²) in [6.45, 7) is 0. The maximum Gasteiger partial charge on any atom is 0.119 e. The van der Waals surface area contributed by atoms with E-state index in [-0.39, 0.29) is 0 Å². The largest absolute Gasteiger partial charge is 0.497 e. The van der Waals surface area contributed by atoms with Gasteiger partial charge in [-0.25, -0.2) is 0 Å². The van der Waals surface area contributed by atoms with Crippen LogP contribution >= 0.6 is 0 Å². The molecule has 1 fully saturated rings. The predicted molar refractivity (Wildman–Crippen MR) is 64.4 cm³/mol. The minimum absolute atomic E-state index is 0.441. The highest BCUT2D eigenvalue weighted by Crippen LogP contribution is 2.23. The van der Waals surface area contributed by atoms with E-state index < -0.39 is 0 Å². The van der Waals surface area contributed by atoms with E-state index >= 15 is 0 Å². The lowest BCUT2D eigenvalue weighted by Gasteiger charge is -2.15. The van der Waals surface area contributed by atoms with Crippen LogP contribution in [0.25, 0.3) is 0 Å². The SMILES string of the molecule is COc1ccc(N=NC2CCCCC2)cc1. The smallest absolute Gasteiger partial charge is 0.119 e. The third-order valence-corrected chi connectivity index (χ3v) is 2.98. The average molecular weight is 218 g/mol. The van der Waals surface area contributed by atoms with Crippen LogP contribution in [0.2, 0.25) is 0 Å². The second-order valence-corrected chi connectivity index (χ2v) is 4.21. The van der Waals surface area contributed by atoms with Crippen LogP contribution in [-0.4, -0.2) is 13.2 Å². The lowest BCUT2D eigenvalue weighted by molar-refractivity contribution is 0.414. The molecule has 1 aromatic rings. The van der Waals surface area contributed by atoms with Gasteiger partial charge in [-0.1, -0.05) is 19.3 Å². The van der Waals surface area contributed by atoms with E-state index in [4.69, 9.17) is 4.74 Å². The zero-order valence-electron chi connectivity index (χ0n) is 9.72. The second kappa shape index (κ2) is 5.64. The molecule has 0 aliphatic heterocycles. The minimum Gasteiger partial charge on any atom is -0.497 e. The van der Waals surface area contributed by atoms with E-state index in [1.54, 1.807) is 7.11 Å². The van der Waals surface area contributed by atoms with Crippen LogP contribution in [-0.2, 0) is 0 Å². The van der Waals surface area contributed by atoms with Crippen LogP contribution < -0.4 is 4.74 Å². The molecule has 86 valence electrons. The Morgan fingerprint density at radius 2 is 1.75 bits per heavy atom. The molecule has 0 atom stereocenters. The van der Waals surface area contributed by atoms with Crippen molar-refractivity contribution in [2.45, 2.75) is 38.1 Å². The molecule has 1 saturated carbocycles. The molecule has 2 rings (SSSR count). The summed E-state index contributed by atoms with van der Waals surface area (Å²) in [4.78, 5) is 0. The summed E-state index contributed by atoms with van der Waals surface area (Å²) in [5.74, 6) is 0.858. The molecular formula is C13H18N2O. The number of methoxy groups -OCH3 is 1. The maximum absolute atomic E-state index is 5.09. The Morgan fingerprint density at radius 1 is 1.06 bits per heavy atom. The summed E-state index contributed by atoms with van der Waals surface area (Å²) >= 11 is 0. The third-order valence-electron chi connectivity index (χ3n) is 2.98. The van der Waals surface area contributed by atoms with Crippen molar-refractivity contribution in [2.75, 3.05) is 7.11 Å². The number of hydrogen-bond acceptors (Lipinski definition) is 3. The highest BCUT2D eigenvalue weighted by molar-refractivity contribution is 5.40. The van der Waals surface area contributed by atoms with Gasteiger partial charge < -0.3 is 4.74 Å². The summed E-state index contributed by atoms with van der Waals surface area (Å²) in [6, 6.07) is 8.14. The Labute approximate surface area is 96.5 Å². The van der Waals surface area contributed by atoms with Crippen molar-refractivity contribution in [1.82, 2.24) is 0 Å². The number of nitrogens with zero attached hydrogens (tertiary/aromatic N) is 2. The first-order chi connectivity index (χ1) is 7.88. The van der Waals surface area contributed by atoms with Gasteiger partial charge in [0.25, 0.3) is 0 Å². The summed E-state index contributed by atoms with van der Waals surface area (Å²) in [5, 5.41) is 8.67. The molecule has 3 heteroatoms. The van der Waals surface area contributed by atoms with Crippen LogP contribution in [0.1, 0.15) is 32.1 Å². The van der Waals surface area contributed by atoms with Gasteiger partial charge in [-0.3, -0.25) is 0 Å². The monoisotopic (exact) mass is 218 g/mol. The molecule has 0 bridgehead atoms. The topological polar surface area (TPSA) is 34.0 Å². The molecule has 16 heavy (non-hydrogen) atoms. The Kier molecular flexibility index (Phi) is 3.91. The van der Waals surface area contributed by atoms with Crippen LogP contribution in [0, 0.1) is 0 Å². The standard InChI is InChI=1S/C13H18N2O/c1-16-13-9-7-12(8-10-13)15-14-11-5-3-2-4-6-11/h7-11H,2-6H2,1H3. The molecule has 0 heterocycles. The predicted octanol–water partition coefficient (Wildman–Crippen LogP) is 4.11. The molecular weight excluding hydrogens is 200 g/mol. The van der Waals surface area contributed by atoms with E-state index in [0.717, 1.165) is 11.4 Å². The first-order valence-corrected chi connectivity index (χ1v) is 5.93. The number of rotatable bonds is 3. The molecule has 0 saturated heterocycles. The Hall–Kier alpha value is -1.38. The highest BCUT2D eigenvalue weighted by Gasteiger charge is 2.11. The fraction of sp³-hybridized carbons (Fsp3) is 0.538. The molecule has 1 aromatic carbocycles. The van der Waals surface area contributed by atoms with Gasteiger partial charge in [-0.2, -0.15) is 10.2 Å². The average Bonchev–Trinajstić information content (AvgIpc) is 2.38. The van der Waals surface area contributed by atoms with Crippen LogP contribution in [0.4, 0.5) is 5.69 Å². The molecule has 0 unspecified atom stereocenters. The normalized spacial score (nSPS) is 17.8. The molecule has 1 aliphatic carbocycles. The Morgan fingerprint density at radius 3 is 2.38 bits per heavy atom. The summed E-state index contributed by atoms with van der Waals surface area (Å²) in [6.07, 6.45) is 6.34. The number of ether oxygens (including phenoxy) is 1. The lowest BCUT2D eigenvalue weighted by Crippen LogP contribution is -2.08. The van der Waals surface area contributed by atoms with Crippen molar-refractivity contribution in [3.63, 3.8) is 0 Å². The molecule has 0 N–H and O–H groups in total. The van der Waals surface area contributed by atoms with Crippen molar-refractivity contribution in [1.29, 1.82) is 0 Å². The fourth-order valence-electron chi connectivity index (χ4n) is 1.99. The van der Waals surface area contributed by atoms with Crippen LogP contribution in [0.3, 0.4) is 0 Å². The van der Waals surface area contributed by atoms with Crippen molar-refractivity contribution in [3.8, 4) is 5.75 Å². The van der Waals surface area contributed by atoms with E-state index in [1.807, 2.05) is 24.3 Å². The van der Waals surface area contributed by atoms with Gasteiger partial charge in [-0.15, -0.1) is 0 Å². The molecule has 0 spiro atoms. The Bertz CT molecular complexity index is 339. The van der Waals surface area contributed by atoms with Crippen molar-refractivity contribution in [2.24, 2.45) is 10.2 Å². The van der Waals surface area contributed by atoms with Crippen molar-refractivity contribution < 1.29 is 4.74 Å². The fourth-order valence-corrected chi connectivity index (χ4v) is 1.99. The van der Waals surface area contributed by atoms with Crippen LogP contribution in [0.15, 0.2) is 34.5 Å². The number of benzene rings is 1. The lowest BCUT2D eigenvalue weighted by atomic mass is 9.96. The molecule has 1 aliphatic rings. The second-order valence-electron chi connectivity index (χ2n) is 4.21. The number of azo groups is 1. The highest BCUT2D eigenvalue weighted by atomic mass is 16.5. The maximum atomic E-state index is 5.09. The van der Waals surface area contributed by atoms with Crippen molar-refractivity contribution in [3.05, 3.63) is 24.3 Å². The quantitative estimate of drug-likeness (QED) is 0.703. The Balaban J connectivity index is 1.94. The molecule has 0 amide bonds. The van der Waals surface area contributed by atoms with E-state index in [0.29, 0.717) is 6.04 Å². The van der Waals surface area contributed by atoms with Gasteiger partial charge in [0.1, 0.15) is 5.75 Å². The minimum atomic E-state index is 0.441. The van der Waals surface area contributed by atoms with Gasteiger partial charge in [0.15, 0.2) is 0 Å². The zero-order valence-corrected chi connectivity index (χ0v) is 9.72. The summed E-state index contributed by atoms with van der Waals surface area (Å²) in [5.41, 5.74) is 0.909. The van der Waals surface area contributed by atoms with E-state index in [9.17, 15) is 0 Å². The first-order valence-electron chi connectivity index (χ1n) is 5.93. The number of hydrogen-bond donors (Lipinski definition) is 0. The van der Waals surface area contributed by atoms with Gasteiger partial charge in [-0.05, 0) is 37.1 Å². The molecule has 0 aromatic heterocycles. The zero-order chi connectivity index (χ0) is 11.2. The third kappa shape index (κ3) is 3.05. The van der Waals surface area contributed by atoms with Crippen LogP contribution in [0.5, 0.6) is 5.75 Å². The van der Waals surface area contributed by atoms with E-state index in [1.165, 1.54) is 32.1 Å². The van der Waals surface area contributed by atoms with E-state index in [2.05, 4.69) is 10.2 Å². The summed E-state index contributed by atoms with van der Waals surface area (Å²) in [7, 11) is 1.67. The van der Waals surface area contributed by atoms with Gasteiger partial charge in [0.2, 0.25) is 0 Å². The van der Waals surface area contributed by atoms with Gasteiger partial charge in [0.05, 0.1) is 18.8 Å².